The number of fused-ring (bicyclic) bond motifs is 1. The summed E-state index contributed by atoms with van der Waals surface area (Å²) in [4.78, 5) is 32.9. The number of amides is 1. The lowest BCUT2D eigenvalue weighted by atomic mass is 9.77. The number of anilines is 1. The molecule has 6 aromatic carbocycles. The minimum atomic E-state index is -0.908. The Hall–Kier alpha value is -7.05. The van der Waals surface area contributed by atoms with Gasteiger partial charge in [-0.05, 0) is 70.8 Å². The van der Waals surface area contributed by atoms with Crippen molar-refractivity contribution in [2.24, 2.45) is 7.05 Å². The van der Waals surface area contributed by atoms with Crippen LogP contribution in [-0.4, -0.2) is 44.0 Å². The van der Waals surface area contributed by atoms with Gasteiger partial charge >= 0.3 is 5.69 Å². The number of hydrogen-bond acceptors (Lipinski definition) is 6. The Balaban J connectivity index is 1.12. The predicted molar refractivity (Wildman–Crippen MR) is 223 cm³/mol. The lowest BCUT2D eigenvalue weighted by Gasteiger charge is -2.35. The first-order valence-electron chi connectivity index (χ1n) is 18.6. The van der Waals surface area contributed by atoms with Gasteiger partial charge in [-0.3, -0.25) is 13.9 Å². The Labute approximate surface area is 343 Å². The van der Waals surface area contributed by atoms with Gasteiger partial charge in [-0.25, -0.2) is 23.2 Å². The fourth-order valence-corrected chi connectivity index (χ4v) is 7.68. The Morgan fingerprint density at radius 2 is 1.42 bits per heavy atom. The monoisotopic (exact) mass is 810 g/mol. The maximum atomic E-state index is 16.2. The van der Waals surface area contributed by atoms with Crippen molar-refractivity contribution in [2.45, 2.75) is 18.7 Å². The molecule has 0 unspecified atom stereocenters. The number of nitrogens with zero attached hydrogens (tertiary/aromatic N) is 6. The van der Waals surface area contributed by atoms with Crippen LogP contribution >= 0.6 is 11.6 Å². The fourth-order valence-electron chi connectivity index (χ4n) is 7.56. The van der Waals surface area contributed by atoms with Crippen molar-refractivity contribution >= 4 is 34.2 Å². The number of ether oxygens (including phenoxy) is 2. The molecule has 0 N–H and O–H groups in total. The van der Waals surface area contributed by atoms with E-state index >= 15 is 8.78 Å². The Morgan fingerprint density at radius 3 is 2.00 bits per heavy atom. The molecule has 1 amide bonds. The summed E-state index contributed by atoms with van der Waals surface area (Å²) in [6.45, 7) is -0.594. The molecule has 0 bridgehead atoms. The summed E-state index contributed by atoms with van der Waals surface area (Å²) < 4.78 is 47.5. The highest BCUT2D eigenvalue weighted by Crippen LogP contribution is 2.41. The topological polar surface area (TPSA) is 96.4 Å². The molecule has 10 nitrogen and oxygen atoms in total. The zero-order valence-corrected chi connectivity index (χ0v) is 33.0. The molecule has 8 rings (SSSR count). The van der Waals surface area contributed by atoms with E-state index in [4.69, 9.17) is 26.2 Å². The van der Waals surface area contributed by atoms with Crippen LogP contribution in [0.1, 0.15) is 22.5 Å². The van der Waals surface area contributed by atoms with Crippen LogP contribution in [0.15, 0.2) is 151 Å². The number of likely N-dealkylation sites (N-methyl/N-ethyl adjacent to an activating group) is 1. The second-order valence-electron chi connectivity index (χ2n) is 13.9. The van der Waals surface area contributed by atoms with Crippen molar-refractivity contribution in [3.05, 3.63) is 196 Å². The number of hydrogen-bond donors (Lipinski definition) is 0. The van der Waals surface area contributed by atoms with Gasteiger partial charge in [-0.1, -0.05) is 103 Å². The number of benzene rings is 6. The second kappa shape index (κ2) is 16.1. The molecule has 2 aromatic heterocycles. The third-order valence-corrected chi connectivity index (χ3v) is 10.7. The van der Waals surface area contributed by atoms with Crippen LogP contribution in [0.25, 0.3) is 22.2 Å². The highest BCUT2D eigenvalue weighted by atomic mass is 35.5. The van der Waals surface area contributed by atoms with Gasteiger partial charge in [0.15, 0.2) is 23.1 Å². The molecule has 0 aliphatic carbocycles. The molecule has 0 aliphatic heterocycles. The summed E-state index contributed by atoms with van der Waals surface area (Å²) in [6.07, 6.45) is 1.64. The van der Waals surface area contributed by atoms with Crippen LogP contribution in [0, 0.1) is 11.6 Å². The first kappa shape index (κ1) is 38.8. The lowest BCUT2D eigenvalue weighted by Crippen LogP contribution is -2.38. The number of imidazole rings is 1. The first-order chi connectivity index (χ1) is 28.6. The van der Waals surface area contributed by atoms with Gasteiger partial charge < -0.3 is 14.4 Å². The molecule has 296 valence electrons. The summed E-state index contributed by atoms with van der Waals surface area (Å²) in [7, 11) is 4.44. The van der Waals surface area contributed by atoms with Crippen LogP contribution < -0.4 is 20.1 Å². The molecule has 2 heterocycles. The second-order valence-corrected chi connectivity index (χ2v) is 14.3. The van der Waals surface area contributed by atoms with Gasteiger partial charge in [-0.15, -0.1) is 0 Å². The van der Waals surface area contributed by atoms with E-state index in [0.29, 0.717) is 16.2 Å². The quantitative estimate of drug-likeness (QED) is 0.115. The van der Waals surface area contributed by atoms with Gasteiger partial charge in [0.1, 0.15) is 30.8 Å². The summed E-state index contributed by atoms with van der Waals surface area (Å²) in [5, 5.41) is 5.41. The smallest absolute Gasteiger partial charge is 0.329 e. The van der Waals surface area contributed by atoms with E-state index in [1.807, 2.05) is 91.0 Å². The van der Waals surface area contributed by atoms with E-state index < -0.39 is 28.8 Å². The summed E-state index contributed by atoms with van der Waals surface area (Å²) >= 11 is 6.01. The Morgan fingerprint density at radius 1 is 0.831 bits per heavy atom. The molecule has 0 atom stereocenters. The van der Waals surface area contributed by atoms with Crippen molar-refractivity contribution in [1.82, 2.24) is 23.9 Å². The zero-order valence-electron chi connectivity index (χ0n) is 32.2. The average molecular weight is 811 g/mol. The maximum absolute atomic E-state index is 16.2. The third-order valence-electron chi connectivity index (χ3n) is 10.4. The van der Waals surface area contributed by atoms with Crippen LogP contribution in [0.3, 0.4) is 0 Å². The zero-order chi connectivity index (χ0) is 41.3. The van der Waals surface area contributed by atoms with Gasteiger partial charge in [0.2, 0.25) is 5.91 Å². The number of aromatic nitrogens is 5. The number of halogens is 3. The Bertz CT molecular complexity index is 2750. The normalized spacial score (nSPS) is 11.5. The SMILES string of the molecule is COc1cc(-c2cc(F)cc3c2n(C)c(=O)n3CC(=O)N(C)c2ccc(Cl)cc2)cc(F)c1OCc1ncn(C(c2ccccc2)(c2ccccc2)c2ccccc2)n1. The molecule has 59 heavy (non-hydrogen) atoms. The highest BCUT2D eigenvalue weighted by molar-refractivity contribution is 6.30. The molecule has 13 heteroatoms. The van der Waals surface area contributed by atoms with Crippen molar-refractivity contribution in [2.75, 3.05) is 19.1 Å². The molecular formula is C46H37ClF2N6O4. The molecule has 0 spiro atoms. The minimum Gasteiger partial charge on any atom is -0.493 e. The largest absolute Gasteiger partial charge is 0.493 e. The van der Waals surface area contributed by atoms with E-state index in [0.717, 1.165) is 16.7 Å². The van der Waals surface area contributed by atoms with Crippen LogP contribution in [0.2, 0.25) is 5.02 Å². The first-order valence-corrected chi connectivity index (χ1v) is 19.0. The molecule has 0 radical (unpaired) electrons. The van der Waals surface area contributed by atoms with Crippen molar-refractivity contribution < 1.29 is 23.0 Å². The average Bonchev–Trinajstić information content (AvgIpc) is 3.82. The van der Waals surface area contributed by atoms with Gasteiger partial charge in [0.05, 0.1) is 18.1 Å². The molecule has 0 saturated carbocycles. The van der Waals surface area contributed by atoms with E-state index in [-0.39, 0.29) is 47.1 Å². The third kappa shape index (κ3) is 7.12. The standard InChI is InChI=1S/C46H37ClF2N6O4/c1-52(36-21-19-34(47)20-22-36)42(56)27-54-39-26-35(48)25-37(43(39)53(2)45(54)57)30-23-38(49)44(40(24-30)58-3)59-28-41-50-29-55(51-41)46(31-13-7-4-8-14-31,32-15-9-5-10-16-32)33-17-11-6-12-18-33/h4-26,29H,27-28H2,1-3H3. The van der Waals surface area contributed by atoms with E-state index in [1.165, 1.54) is 52.5 Å². The van der Waals surface area contributed by atoms with Crippen LogP contribution in [0.4, 0.5) is 14.5 Å². The predicted octanol–water partition coefficient (Wildman–Crippen LogP) is 8.62. The van der Waals surface area contributed by atoms with Crippen LogP contribution in [0.5, 0.6) is 11.5 Å². The van der Waals surface area contributed by atoms with Gasteiger partial charge in [0.25, 0.3) is 0 Å². The van der Waals surface area contributed by atoms with Crippen LogP contribution in [-0.2, 0) is 30.5 Å². The van der Waals surface area contributed by atoms with Gasteiger partial charge in [-0.2, -0.15) is 5.10 Å². The number of carbonyl (C=O) groups is 1. The molecule has 0 fully saturated rings. The summed E-state index contributed by atoms with van der Waals surface area (Å²) in [5.74, 6) is -1.82. The van der Waals surface area contributed by atoms with E-state index in [1.54, 1.807) is 42.3 Å². The summed E-state index contributed by atoms with van der Waals surface area (Å²) in [5.41, 5.74) is 2.83. The Kier molecular flexibility index (Phi) is 10.6. The summed E-state index contributed by atoms with van der Waals surface area (Å²) in [6, 6.07) is 41.7. The highest BCUT2D eigenvalue weighted by Gasteiger charge is 2.39. The molecule has 0 saturated heterocycles. The number of rotatable bonds is 12. The molecule has 0 aliphatic rings. The molecule has 8 aromatic rings. The number of aryl methyl sites for hydroxylation is 1. The minimum absolute atomic E-state index is 0.0215. The maximum Gasteiger partial charge on any atom is 0.329 e. The van der Waals surface area contributed by atoms with Crippen molar-refractivity contribution in [3.8, 4) is 22.6 Å². The number of carbonyl (C=O) groups excluding carboxylic acids is 1. The van der Waals surface area contributed by atoms with Crippen molar-refractivity contribution in [1.29, 1.82) is 0 Å². The van der Waals surface area contributed by atoms with Crippen molar-refractivity contribution in [3.63, 3.8) is 0 Å². The fraction of sp³-hybridized carbons (Fsp3) is 0.130. The lowest BCUT2D eigenvalue weighted by molar-refractivity contribution is -0.118. The van der Waals surface area contributed by atoms with Gasteiger partial charge in [0, 0.05) is 30.4 Å². The number of methoxy groups -OCH3 is 1. The van der Waals surface area contributed by atoms with E-state index in [9.17, 15) is 9.59 Å². The molecular weight excluding hydrogens is 774 g/mol. The van der Waals surface area contributed by atoms with E-state index in [2.05, 4.69) is 4.98 Å².